The highest BCUT2D eigenvalue weighted by molar-refractivity contribution is 7.13. The number of carbonyl (C=O) groups is 3. The Morgan fingerprint density at radius 3 is 2.38 bits per heavy atom. The van der Waals surface area contributed by atoms with Crippen LogP contribution in [0.4, 0.5) is 9.52 Å². The van der Waals surface area contributed by atoms with Gasteiger partial charge in [-0.1, -0.05) is 31.4 Å². The Labute approximate surface area is 204 Å². The molecule has 2 N–H and O–H groups in total. The first-order valence-corrected chi connectivity index (χ1v) is 12.6. The van der Waals surface area contributed by atoms with Gasteiger partial charge in [0.15, 0.2) is 5.13 Å². The Bertz CT molecular complexity index is 967. The second kappa shape index (κ2) is 11.6. The topological polar surface area (TPSA) is 91.4 Å². The van der Waals surface area contributed by atoms with Gasteiger partial charge in [0.2, 0.25) is 17.7 Å². The van der Waals surface area contributed by atoms with Crippen molar-refractivity contribution in [2.75, 3.05) is 5.32 Å². The summed E-state index contributed by atoms with van der Waals surface area (Å²) in [5, 5.41) is 7.92. The third-order valence-electron chi connectivity index (χ3n) is 5.71. The molecule has 1 aromatic heterocycles. The molecule has 1 saturated carbocycles. The van der Waals surface area contributed by atoms with E-state index >= 15 is 0 Å². The van der Waals surface area contributed by atoms with Crippen LogP contribution in [0.25, 0.3) is 0 Å². The normalized spacial score (nSPS) is 15.4. The zero-order valence-corrected chi connectivity index (χ0v) is 20.8. The molecule has 0 bridgehead atoms. The molecule has 0 saturated heterocycles. The fraction of sp³-hybridized carbons (Fsp3) is 0.520. The van der Waals surface area contributed by atoms with Crippen LogP contribution in [0.2, 0.25) is 0 Å². The second-order valence-corrected chi connectivity index (χ2v) is 10.6. The zero-order valence-electron chi connectivity index (χ0n) is 20.0. The summed E-state index contributed by atoms with van der Waals surface area (Å²) in [6.45, 7) is 5.63. The summed E-state index contributed by atoms with van der Waals surface area (Å²) >= 11 is 1.31. The van der Waals surface area contributed by atoms with Crippen LogP contribution in [0.15, 0.2) is 35.8 Å². The minimum atomic E-state index is -0.905. The van der Waals surface area contributed by atoms with Crippen LogP contribution in [0.3, 0.4) is 0 Å². The van der Waals surface area contributed by atoms with E-state index in [1.165, 1.54) is 23.5 Å². The van der Waals surface area contributed by atoms with Crippen molar-refractivity contribution < 1.29 is 18.8 Å². The van der Waals surface area contributed by atoms with Crippen molar-refractivity contribution >= 4 is 34.2 Å². The van der Waals surface area contributed by atoms with Crippen molar-refractivity contribution in [1.82, 2.24) is 15.2 Å². The molecule has 1 heterocycles. The molecule has 9 heteroatoms. The van der Waals surface area contributed by atoms with Crippen LogP contribution in [-0.2, 0) is 14.4 Å². The van der Waals surface area contributed by atoms with E-state index in [4.69, 9.17) is 0 Å². The summed E-state index contributed by atoms with van der Waals surface area (Å²) < 4.78 is 13.7. The molecule has 1 fully saturated rings. The van der Waals surface area contributed by atoms with Crippen molar-refractivity contribution in [2.24, 2.45) is 0 Å². The van der Waals surface area contributed by atoms with E-state index in [1.807, 2.05) is 20.8 Å². The average molecular weight is 489 g/mol. The summed E-state index contributed by atoms with van der Waals surface area (Å²) in [5.41, 5.74) is 0.0406. The molecule has 1 aliphatic rings. The van der Waals surface area contributed by atoms with Crippen LogP contribution in [-0.4, -0.2) is 39.2 Å². The molecule has 1 atom stereocenters. The second-order valence-electron chi connectivity index (χ2n) is 9.67. The molecular weight excluding hydrogens is 455 g/mol. The number of hydrogen-bond acceptors (Lipinski definition) is 5. The lowest BCUT2D eigenvalue weighted by atomic mass is 9.90. The molecule has 1 aliphatic carbocycles. The van der Waals surface area contributed by atoms with Gasteiger partial charge < -0.3 is 15.5 Å². The maximum Gasteiger partial charge on any atom is 0.247 e. The molecule has 3 rings (SSSR count). The van der Waals surface area contributed by atoms with E-state index in [1.54, 1.807) is 28.6 Å². The fourth-order valence-electron chi connectivity index (χ4n) is 4.26. The number of aromatic nitrogens is 1. The number of nitrogens with zero attached hydrogens (tertiary/aromatic N) is 2. The third-order valence-corrected chi connectivity index (χ3v) is 6.40. The van der Waals surface area contributed by atoms with Crippen LogP contribution < -0.4 is 10.6 Å². The van der Waals surface area contributed by atoms with Gasteiger partial charge in [0.25, 0.3) is 0 Å². The molecule has 0 unspecified atom stereocenters. The van der Waals surface area contributed by atoms with E-state index in [0.717, 1.165) is 32.1 Å². The standard InChI is InChI=1S/C25H33FN4O3S/c1-25(2,3)29-23(33)22(17-9-11-18(26)12-10-17)30(19-7-5-4-6-8-19)21(32)14-13-20(31)28-24-27-15-16-34-24/h9-12,15-16,19,22H,4-8,13-14H2,1-3H3,(H,29,33)(H,27,28,31)/t22-/m1/s1. The van der Waals surface area contributed by atoms with Crippen molar-refractivity contribution in [1.29, 1.82) is 0 Å². The monoisotopic (exact) mass is 488 g/mol. The Morgan fingerprint density at radius 2 is 1.79 bits per heavy atom. The fourth-order valence-corrected chi connectivity index (χ4v) is 4.80. The van der Waals surface area contributed by atoms with Gasteiger partial charge in [0.1, 0.15) is 11.9 Å². The summed E-state index contributed by atoms with van der Waals surface area (Å²) in [4.78, 5) is 45.1. The number of carbonyl (C=O) groups excluding carboxylic acids is 3. The molecule has 7 nitrogen and oxygen atoms in total. The number of nitrogens with one attached hydrogen (secondary N) is 2. The van der Waals surface area contributed by atoms with Gasteiger partial charge in [-0.2, -0.15) is 0 Å². The van der Waals surface area contributed by atoms with E-state index in [0.29, 0.717) is 10.7 Å². The molecule has 34 heavy (non-hydrogen) atoms. The molecule has 2 aromatic rings. The van der Waals surface area contributed by atoms with Gasteiger partial charge in [-0.3, -0.25) is 14.4 Å². The highest BCUT2D eigenvalue weighted by atomic mass is 32.1. The Hall–Kier alpha value is -2.81. The van der Waals surface area contributed by atoms with Crippen molar-refractivity contribution in [3.05, 3.63) is 47.2 Å². The average Bonchev–Trinajstić information content (AvgIpc) is 3.29. The molecular formula is C25H33FN4O3S. The molecule has 0 spiro atoms. The van der Waals surface area contributed by atoms with Crippen LogP contribution in [0.5, 0.6) is 0 Å². The van der Waals surface area contributed by atoms with Gasteiger partial charge in [-0.25, -0.2) is 9.37 Å². The van der Waals surface area contributed by atoms with E-state index in [2.05, 4.69) is 15.6 Å². The van der Waals surface area contributed by atoms with E-state index < -0.39 is 17.4 Å². The zero-order chi connectivity index (χ0) is 24.7. The summed E-state index contributed by atoms with van der Waals surface area (Å²) in [7, 11) is 0. The minimum absolute atomic E-state index is 0.0152. The van der Waals surface area contributed by atoms with Crippen molar-refractivity contribution in [2.45, 2.75) is 83.3 Å². The number of hydrogen-bond donors (Lipinski definition) is 2. The predicted molar refractivity (Wildman–Crippen MR) is 131 cm³/mol. The van der Waals surface area contributed by atoms with Gasteiger partial charge in [-0.05, 0) is 51.3 Å². The Morgan fingerprint density at radius 1 is 1.12 bits per heavy atom. The number of rotatable bonds is 8. The number of halogens is 1. The number of anilines is 1. The minimum Gasteiger partial charge on any atom is -0.349 e. The van der Waals surface area contributed by atoms with Crippen LogP contribution >= 0.6 is 11.3 Å². The third kappa shape index (κ3) is 7.35. The van der Waals surface area contributed by atoms with Crippen LogP contribution in [0.1, 0.15) is 77.3 Å². The van der Waals surface area contributed by atoms with Gasteiger partial charge >= 0.3 is 0 Å². The van der Waals surface area contributed by atoms with Gasteiger partial charge in [-0.15, -0.1) is 11.3 Å². The number of benzene rings is 1. The molecule has 1 aromatic carbocycles. The van der Waals surface area contributed by atoms with Crippen molar-refractivity contribution in [3.63, 3.8) is 0 Å². The van der Waals surface area contributed by atoms with Gasteiger partial charge in [0.05, 0.1) is 0 Å². The summed E-state index contributed by atoms with van der Waals surface area (Å²) in [6.07, 6.45) is 6.15. The largest absolute Gasteiger partial charge is 0.349 e. The summed E-state index contributed by atoms with van der Waals surface area (Å²) in [5.74, 6) is -1.29. The number of amides is 3. The molecule has 184 valence electrons. The maximum absolute atomic E-state index is 13.7. The number of thiazole rings is 1. The first-order valence-electron chi connectivity index (χ1n) is 11.7. The smallest absolute Gasteiger partial charge is 0.247 e. The highest BCUT2D eigenvalue weighted by Gasteiger charge is 2.37. The van der Waals surface area contributed by atoms with Crippen molar-refractivity contribution in [3.8, 4) is 0 Å². The lowest BCUT2D eigenvalue weighted by molar-refractivity contribution is -0.145. The van der Waals surface area contributed by atoms with Gasteiger partial charge in [0, 0.05) is 36.0 Å². The molecule has 0 radical (unpaired) electrons. The van der Waals surface area contributed by atoms with E-state index in [-0.39, 0.29) is 36.6 Å². The highest BCUT2D eigenvalue weighted by Crippen LogP contribution is 2.32. The SMILES string of the molecule is CC(C)(C)NC(=O)[C@@H](c1ccc(F)cc1)N(C(=O)CCC(=O)Nc1nccs1)C1CCCCC1. The maximum atomic E-state index is 13.7. The summed E-state index contributed by atoms with van der Waals surface area (Å²) in [6, 6.07) is 4.69. The Balaban J connectivity index is 1.87. The lowest BCUT2D eigenvalue weighted by Gasteiger charge is -2.40. The lowest BCUT2D eigenvalue weighted by Crippen LogP contribution is -2.52. The first-order chi connectivity index (χ1) is 16.1. The van der Waals surface area contributed by atoms with Crippen LogP contribution in [0, 0.1) is 5.82 Å². The van der Waals surface area contributed by atoms with E-state index in [9.17, 15) is 18.8 Å². The Kier molecular flexibility index (Phi) is 8.77. The quantitative estimate of drug-likeness (QED) is 0.557. The predicted octanol–water partition coefficient (Wildman–Crippen LogP) is 4.82. The first kappa shape index (κ1) is 25.8. The molecule has 0 aliphatic heterocycles. The molecule has 3 amide bonds.